The normalized spacial score (nSPS) is 31.5. The van der Waals surface area contributed by atoms with Crippen LogP contribution in [-0.2, 0) is 4.79 Å². The van der Waals surface area contributed by atoms with E-state index in [0.29, 0.717) is 17.6 Å². The van der Waals surface area contributed by atoms with Gasteiger partial charge in [-0.15, -0.1) is 0 Å². The summed E-state index contributed by atoms with van der Waals surface area (Å²) in [6, 6.07) is 0. The van der Waals surface area contributed by atoms with E-state index in [0.717, 1.165) is 6.42 Å². The third-order valence-corrected chi connectivity index (χ3v) is 2.26. The van der Waals surface area contributed by atoms with Crippen LogP contribution in [0.3, 0.4) is 0 Å². The number of carbonyl (C=O) groups excluding carboxylic acids is 1. The largest absolute Gasteiger partial charge is 0.299 e. The molecule has 0 aromatic carbocycles. The van der Waals surface area contributed by atoms with Crippen LogP contribution in [-0.4, -0.2) is 5.78 Å². The van der Waals surface area contributed by atoms with E-state index in [9.17, 15) is 4.79 Å². The van der Waals surface area contributed by atoms with Crippen molar-refractivity contribution in [1.29, 1.82) is 0 Å². The maximum absolute atomic E-state index is 11.4. The van der Waals surface area contributed by atoms with Crippen LogP contribution in [0.1, 0.15) is 27.2 Å². The number of allylic oxidation sites excluding steroid dienone is 2. The van der Waals surface area contributed by atoms with Gasteiger partial charge in [0.1, 0.15) is 5.78 Å². The molecule has 0 aromatic heterocycles. The second kappa shape index (κ2) is 3.21. The van der Waals surface area contributed by atoms with Crippen molar-refractivity contribution in [2.75, 3.05) is 0 Å². The lowest BCUT2D eigenvalue weighted by Gasteiger charge is -2.21. The summed E-state index contributed by atoms with van der Waals surface area (Å²) in [5, 5.41) is 0. The lowest BCUT2D eigenvalue weighted by atomic mass is 9.82. The van der Waals surface area contributed by atoms with Crippen molar-refractivity contribution < 1.29 is 4.79 Å². The van der Waals surface area contributed by atoms with E-state index in [2.05, 4.69) is 32.9 Å². The highest BCUT2D eigenvalue weighted by Gasteiger charge is 2.23. The van der Waals surface area contributed by atoms with Gasteiger partial charge in [0.15, 0.2) is 0 Å². The van der Waals surface area contributed by atoms with Crippen LogP contribution in [0.4, 0.5) is 0 Å². The second-order valence-electron chi connectivity index (χ2n) is 3.80. The molecular weight excluding hydrogens is 136 g/mol. The summed E-state index contributed by atoms with van der Waals surface area (Å²) in [6.45, 7) is 6.29. The fraction of sp³-hybridized carbons (Fsp3) is 0.700. The minimum Gasteiger partial charge on any atom is -0.299 e. The summed E-state index contributed by atoms with van der Waals surface area (Å²) in [7, 11) is 0. The molecule has 1 heteroatoms. The first-order valence-electron chi connectivity index (χ1n) is 4.32. The van der Waals surface area contributed by atoms with Gasteiger partial charge in [-0.25, -0.2) is 0 Å². The molecule has 0 heterocycles. The molecule has 1 rings (SSSR count). The monoisotopic (exact) mass is 152 g/mol. The molecular formula is C10H16O. The summed E-state index contributed by atoms with van der Waals surface area (Å²) >= 11 is 0. The van der Waals surface area contributed by atoms with Crippen LogP contribution in [0.25, 0.3) is 0 Å². The Morgan fingerprint density at radius 3 is 2.55 bits per heavy atom. The summed E-state index contributed by atoms with van der Waals surface area (Å²) in [5.74, 6) is 1.52. The van der Waals surface area contributed by atoms with Crippen molar-refractivity contribution in [3.05, 3.63) is 12.2 Å². The fourth-order valence-electron chi connectivity index (χ4n) is 1.53. The van der Waals surface area contributed by atoms with Crippen molar-refractivity contribution in [1.82, 2.24) is 0 Å². The third-order valence-electron chi connectivity index (χ3n) is 2.26. The first kappa shape index (κ1) is 8.51. The minimum atomic E-state index is 0.186. The fourth-order valence-corrected chi connectivity index (χ4v) is 1.53. The number of carbonyl (C=O) groups is 1. The number of hydrogen-bond donors (Lipinski definition) is 0. The van der Waals surface area contributed by atoms with Crippen LogP contribution in [0.5, 0.6) is 0 Å². The Bertz CT molecular complexity index is 179. The van der Waals surface area contributed by atoms with Gasteiger partial charge >= 0.3 is 0 Å². The summed E-state index contributed by atoms with van der Waals surface area (Å²) in [6.07, 6.45) is 4.96. The Hall–Kier alpha value is -0.590. The summed E-state index contributed by atoms with van der Waals surface area (Å²) in [4.78, 5) is 11.4. The van der Waals surface area contributed by atoms with Gasteiger partial charge in [-0.2, -0.15) is 0 Å². The minimum absolute atomic E-state index is 0.186. The van der Waals surface area contributed by atoms with Gasteiger partial charge in [0, 0.05) is 12.3 Å². The molecule has 0 saturated heterocycles. The van der Waals surface area contributed by atoms with Gasteiger partial charge in [-0.1, -0.05) is 32.9 Å². The summed E-state index contributed by atoms with van der Waals surface area (Å²) < 4.78 is 0. The van der Waals surface area contributed by atoms with Crippen LogP contribution >= 0.6 is 0 Å². The molecule has 0 aromatic rings. The molecule has 0 aliphatic heterocycles. The van der Waals surface area contributed by atoms with Crippen molar-refractivity contribution in [2.45, 2.75) is 27.2 Å². The van der Waals surface area contributed by atoms with Gasteiger partial charge < -0.3 is 0 Å². The third kappa shape index (κ3) is 1.92. The smallest absolute Gasteiger partial charge is 0.140 e. The van der Waals surface area contributed by atoms with E-state index in [1.807, 2.05) is 0 Å². The van der Waals surface area contributed by atoms with Gasteiger partial charge in [0.05, 0.1) is 0 Å². The van der Waals surface area contributed by atoms with E-state index in [4.69, 9.17) is 0 Å². The standard InChI is InChI=1S/C10H16O/c1-7(2)9-5-4-8(3)6-10(9)11/h4-5,7-9H,6H2,1-3H3/t8-,9+/m1/s1. The van der Waals surface area contributed by atoms with Crippen LogP contribution < -0.4 is 0 Å². The maximum atomic E-state index is 11.4. The summed E-state index contributed by atoms with van der Waals surface area (Å²) in [5.41, 5.74) is 0. The molecule has 2 atom stereocenters. The molecule has 0 amide bonds. The maximum Gasteiger partial charge on any atom is 0.140 e. The molecule has 11 heavy (non-hydrogen) atoms. The highest BCUT2D eigenvalue weighted by atomic mass is 16.1. The molecule has 0 saturated carbocycles. The molecule has 62 valence electrons. The number of hydrogen-bond acceptors (Lipinski definition) is 1. The topological polar surface area (TPSA) is 17.1 Å². The average molecular weight is 152 g/mol. The predicted molar refractivity (Wildman–Crippen MR) is 46.3 cm³/mol. The first-order chi connectivity index (χ1) is 5.11. The van der Waals surface area contributed by atoms with Gasteiger partial charge in [0.25, 0.3) is 0 Å². The Morgan fingerprint density at radius 1 is 1.45 bits per heavy atom. The molecule has 0 unspecified atom stereocenters. The zero-order valence-electron chi connectivity index (χ0n) is 7.50. The molecule has 0 bridgehead atoms. The van der Waals surface area contributed by atoms with E-state index < -0.39 is 0 Å². The lowest BCUT2D eigenvalue weighted by Crippen LogP contribution is -2.23. The molecule has 1 nitrogen and oxygen atoms in total. The molecule has 1 aliphatic carbocycles. The van der Waals surface area contributed by atoms with Gasteiger partial charge in [0.2, 0.25) is 0 Å². The zero-order chi connectivity index (χ0) is 8.43. The molecule has 1 aliphatic rings. The Balaban J connectivity index is 2.68. The Labute approximate surface area is 68.5 Å². The van der Waals surface area contributed by atoms with Crippen molar-refractivity contribution in [3.8, 4) is 0 Å². The highest BCUT2D eigenvalue weighted by Crippen LogP contribution is 2.23. The number of Topliss-reactive ketones (excluding diaryl/α,β-unsaturated/α-hetero) is 1. The molecule has 0 spiro atoms. The van der Waals surface area contributed by atoms with Crippen molar-refractivity contribution in [2.24, 2.45) is 17.8 Å². The van der Waals surface area contributed by atoms with E-state index >= 15 is 0 Å². The molecule has 0 radical (unpaired) electrons. The predicted octanol–water partition coefficient (Wildman–Crippen LogP) is 2.42. The Morgan fingerprint density at radius 2 is 2.09 bits per heavy atom. The molecule has 0 N–H and O–H groups in total. The van der Waals surface area contributed by atoms with Crippen molar-refractivity contribution >= 4 is 5.78 Å². The molecule has 0 fully saturated rings. The van der Waals surface area contributed by atoms with E-state index in [1.165, 1.54) is 0 Å². The second-order valence-corrected chi connectivity index (χ2v) is 3.80. The SMILES string of the molecule is CC(C)[C@@H]1C=C[C@@H](C)CC1=O. The van der Waals surface area contributed by atoms with Gasteiger partial charge in [-0.3, -0.25) is 4.79 Å². The quantitative estimate of drug-likeness (QED) is 0.527. The first-order valence-corrected chi connectivity index (χ1v) is 4.32. The van der Waals surface area contributed by atoms with E-state index in [1.54, 1.807) is 0 Å². The number of ketones is 1. The van der Waals surface area contributed by atoms with Crippen molar-refractivity contribution in [3.63, 3.8) is 0 Å². The van der Waals surface area contributed by atoms with Crippen LogP contribution in [0, 0.1) is 17.8 Å². The average Bonchev–Trinajstić information content (AvgIpc) is 1.85. The zero-order valence-corrected chi connectivity index (χ0v) is 7.50. The van der Waals surface area contributed by atoms with Crippen LogP contribution in [0.2, 0.25) is 0 Å². The number of rotatable bonds is 1. The van der Waals surface area contributed by atoms with E-state index in [-0.39, 0.29) is 5.92 Å². The van der Waals surface area contributed by atoms with Gasteiger partial charge in [-0.05, 0) is 11.8 Å². The van der Waals surface area contributed by atoms with Crippen LogP contribution in [0.15, 0.2) is 12.2 Å². The lowest BCUT2D eigenvalue weighted by molar-refractivity contribution is -0.123. The highest BCUT2D eigenvalue weighted by molar-refractivity contribution is 5.84. The Kier molecular flexibility index (Phi) is 2.48.